The smallest absolute Gasteiger partial charge is 0.139 e. The molecule has 2 aromatic rings. The fourth-order valence-corrected chi connectivity index (χ4v) is 5.01. The van der Waals surface area contributed by atoms with E-state index in [1.807, 2.05) is 0 Å². The molecule has 1 saturated heterocycles. The van der Waals surface area contributed by atoms with E-state index in [1.165, 1.54) is 24.0 Å². The molecule has 2 nitrogen and oxygen atoms in total. The summed E-state index contributed by atoms with van der Waals surface area (Å²) < 4.78 is 0. The van der Waals surface area contributed by atoms with Gasteiger partial charge in [-0.1, -0.05) is 73.5 Å². The lowest BCUT2D eigenvalue weighted by atomic mass is 9.65. The first-order valence-corrected chi connectivity index (χ1v) is 9.57. The summed E-state index contributed by atoms with van der Waals surface area (Å²) in [5.41, 5.74) is 2.59. The topological polar surface area (TPSA) is 20.3 Å². The molecule has 4 rings (SSSR count). The van der Waals surface area contributed by atoms with Crippen LogP contribution in [0.3, 0.4) is 0 Å². The molecule has 25 heavy (non-hydrogen) atoms. The predicted molar refractivity (Wildman–Crippen MR) is 101 cm³/mol. The lowest BCUT2D eigenvalue weighted by Gasteiger charge is -2.55. The van der Waals surface area contributed by atoms with Crippen LogP contribution < -0.4 is 0 Å². The van der Waals surface area contributed by atoms with E-state index < -0.39 is 0 Å². The van der Waals surface area contributed by atoms with E-state index in [0.29, 0.717) is 12.2 Å². The van der Waals surface area contributed by atoms with Gasteiger partial charge in [0.15, 0.2) is 0 Å². The van der Waals surface area contributed by atoms with Crippen molar-refractivity contribution >= 4 is 5.78 Å². The summed E-state index contributed by atoms with van der Waals surface area (Å²) >= 11 is 0. The summed E-state index contributed by atoms with van der Waals surface area (Å²) in [5, 5.41) is 0. The van der Waals surface area contributed by atoms with Crippen LogP contribution in [0, 0.1) is 5.92 Å². The average Bonchev–Trinajstić information content (AvgIpc) is 2.65. The molecule has 1 aliphatic heterocycles. The molecule has 1 heterocycles. The first-order valence-electron chi connectivity index (χ1n) is 9.57. The van der Waals surface area contributed by atoms with Crippen LogP contribution >= 0.6 is 0 Å². The second kappa shape index (κ2) is 6.76. The van der Waals surface area contributed by atoms with E-state index in [1.54, 1.807) is 0 Å². The fraction of sp³-hybridized carbons (Fsp3) is 0.435. The lowest BCUT2D eigenvalue weighted by Crippen LogP contribution is -2.60. The van der Waals surface area contributed by atoms with Crippen LogP contribution in [0.5, 0.6) is 0 Å². The predicted octanol–water partition coefficient (Wildman–Crippen LogP) is 5.15. The first-order chi connectivity index (χ1) is 12.2. The van der Waals surface area contributed by atoms with Gasteiger partial charge in [-0.2, -0.15) is 0 Å². The molecular formula is C23H27NO. The molecule has 0 unspecified atom stereocenters. The molecule has 0 spiro atoms. The second-order valence-electron chi connectivity index (χ2n) is 7.87. The standard InChI is InChI=1S/C23H27NO/c1-23-15-9-8-14-20(23)22(25)16-21(19-12-6-3-7-13-19)24(23)17-18-10-4-2-5-11-18/h2-7,10-13,20-21H,8-9,14-17H2,1H3/t20-,21-,23-/m0/s1. The Kier molecular flexibility index (Phi) is 4.47. The van der Waals surface area contributed by atoms with Gasteiger partial charge >= 0.3 is 0 Å². The van der Waals surface area contributed by atoms with Crippen LogP contribution in [-0.2, 0) is 11.3 Å². The molecule has 1 aliphatic carbocycles. The van der Waals surface area contributed by atoms with Gasteiger partial charge in [-0.3, -0.25) is 9.69 Å². The number of nitrogens with zero attached hydrogens (tertiary/aromatic N) is 1. The van der Waals surface area contributed by atoms with Crippen molar-refractivity contribution in [1.82, 2.24) is 4.90 Å². The van der Waals surface area contributed by atoms with E-state index in [4.69, 9.17) is 0 Å². The van der Waals surface area contributed by atoms with Gasteiger partial charge in [0, 0.05) is 30.5 Å². The Hall–Kier alpha value is -1.93. The highest BCUT2D eigenvalue weighted by Crippen LogP contribution is 2.49. The molecule has 2 aliphatic rings. The molecule has 2 aromatic carbocycles. The first kappa shape index (κ1) is 16.5. The van der Waals surface area contributed by atoms with E-state index in [0.717, 1.165) is 19.4 Å². The van der Waals surface area contributed by atoms with Gasteiger partial charge in [-0.25, -0.2) is 0 Å². The molecule has 2 fully saturated rings. The van der Waals surface area contributed by atoms with Crippen LogP contribution in [0.4, 0.5) is 0 Å². The summed E-state index contributed by atoms with van der Waals surface area (Å²) in [7, 11) is 0. The van der Waals surface area contributed by atoms with Gasteiger partial charge < -0.3 is 0 Å². The number of likely N-dealkylation sites (tertiary alicyclic amines) is 1. The van der Waals surface area contributed by atoms with Gasteiger partial charge in [0.05, 0.1) is 0 Å². The van der Waals surface area contributed by atoms with Crippen LogP contribution in [0.1, 0.15) is 56.2 Å². The zero-order valence-electron chi connectivity index (χ0n) is 15.0. The maximum absolute atomic E-state index is 13.0. The third-order valence-electron chi connectivity index (χ3n) is 6.37. The summed E-state index contributed by atoms with van der Waals surface area (Å²) in [6.07, 6.45) is 5.26. The van der Waals surface area contributed by atoms with Crippen molar-refractivity contribution in [3.05, 3.63) is 71.8 Å². The minimum Gasteiger partial charge on any atom is -0.299 e. The van der Waals surface area contributed by atoms with E-state index >= 15 is 0 Å². The highest BCUT2D eigenvalue weighted by molar-refractivity contribution is 5.84. The number of hydrogen-bond acceptors (Lipinski definition) is 2. The van der Waals surface area contributed by atoms with E-state index in [2.05, 4.69) is 72.5 Å². The van der Waals surface area contributed by atoms with Crippen LogP contribution in [0.25, 0.3) is 0 Å². The van der Waals surface area contributed by atoms with Gasteiger partial charge in [-0.15, -0.1) is 0 Å². The summed E-state index contributed by atoms with van der Waals surface area (Å²) in [6.45, 7) is 3.26. The van der Waals surface area contributed by atoms with Crippen molar-refractivity contribution in [3.63, 3.8) is 0 Å². The van der Waals surface area contributed by atoms with Gasteiger partial charge in [-0.05, 0) is 30.9 Å². The van der Waals surface area contributed by atoms with Gasteiger partial charge in [0.1, 0.15) is 5.78 Å². The maximum Gasteiger partial charge on any atom is 0.139 e. The number of hydrogen-bond donors (Lipinski definition) is 0. The van der Waals surface area contributed by atoms with Crippen molar-refractivity contribution in [2.75, 3.05) is 0 Å². The maximum atomic E-state index is 13.0. The Balaban J connectivity index is 1.75. The van der Waals surface area contributed by atoms with Crippen molar-refractivity contribution in [3.8, 4) is 0 Å². The monoisotopic (exact) mass is 333 g/mol. The van der Waals surface area contributed by atoms with Gasteiger partial charge in [0.25, 0.3) is 0 Å². The van der Waals surface area contributed by atoms with E-state index in [-0.39, 0.29) is 17.5 Å². The van der Waals surface area contributed by atoms with Crippen molar-refractivity contribution < 1.29 is 4.79 Å². The SMILES string of the molecule is C[C@]12CCCC[C@H]1C(=O)C[C@@H](c1ccccc1)N2Cc1ccccc1. The molecule has 0 N–H and O–H groups in total. The highest BCUT2D eigenvalue weighted by atomic mass is 16.1. The quantitative estimate of drug-likeness (QED) is 0.774. The zero-order valence-corrected chi connectivity index (χ0v) is 15.0. The minimum absolute atomic E-state index is 0.0239. The normalized spacial score (nSPS) is 30.0. The van der Waals surface area contributed by atoms with Gasteiger partial charge in [0.2, 0.25) is 0 Å². The molecule has 2 heteroatoms. The van der Waals surface area contributed by atoms with Crippen LogP contribution in [0.15, 0.2) is 60.7 Å². The Morgan fingerprint density at radius 2 is 1.68 bits per heavy atom. The van der Waals surface area contributed by atoms with E-state index in [9.17, 15) is 4.79 Å². The second-order valence-corrected chi connectivity index (χ2v) is 7.87. The number of carbonyl (C=O) groups excluding carboxylic acids is 1. The number of benzene rings is 2. The van der Waals surface area contributed by atoms with Crippen molar-refractivity contribution in [2.24, 2.45) is 5.92 Å². The van der Waals surface area contributed by atoms with Crippen LogP contribution in [-0.4, -0.2) is 16.2 Å². The number of piperidine rings is 1. The molecule has 3 atom stereocenters. The number of ketones is 1. The number of fused-ring (bicyclic) bond motifs is 1. The Bertz CT molecular complexity index is 726. The zero-order chi connectivity index (χ0) is 17.3. The highest BCUT2D eigenvalue weighted by Gasteiger charge is 2.51. The number of rotatable bonds is 3. The minimum atomic E-state index is -0.0239. The third-order valence-corrected chi connectivity index (χ3v) is 6.37. The van der Waals surface area contributed by atoms with Crippen molar-refractivity contribution in [2.45, 2.75) is 57.2 Å². The molecule has 0 amide bonds. The Labute approximate surface area is 150 Å². The largest absolute Gasteiger partial charge is 0.299 e. The molecular weight excluding hydrogens is 306 g/mol. The van der Waals surface area contributed by atoms with Crippen molar-refractivity contribution in [1.29, 1.82) is 0 Å². The summed E-state index contributed by atoms with van der Waals surface area (Å²) in [4.78, 5) is 15.6. The molecule has 0 bridgehead atoms. The van der Waals surface area contributed by atoms with Crippen LogP contribution in [0.2, 0.25) is 0 Å². The molecule has 0 radical (unpaired) electrons. The number of carbonyl (C=O) groups is 1. The summed E-state index contributed by atoms with van der Waals surface area (Å²) in [6, 6.07) is 21.5. The lowest BCUT2D eigenvalue weighted by molar-refractivity contribution is -0.144. The number of Topliss-reactive ketones (excluding diaryl/α,β-unsaturated/α-hetero) is 1. The summed E-state index contributed by atoms with van der Waals surface area (Å²) in [5.74, 6) is 0.672. The Morgan fingerprint density at radius 1 is 1.00 bits per heavy atom. The fourth-order valence-electron chi connectivity index (χ4n) is 5.01. The Morgan fingerprint density at radius 3 is 2.40 bits per heavy atom. The average molecular weight is 333 g/mol. The molecule has 1 saturated carbocycles. The molecule has 130 valence electrons. The third kappa shape index (κ3) is 3.04. The molecule has 0 aromatic heterocycles.